The van der Waals surface area contributed by atoms with Crippen molar-refractivity contribution in [2.75, 3.05) is 14.1 Å². The SMILES string of the molecule is CC(=CC(C)[N+](C)(C)Cc1ccccc1)C(=O)O. The fourth-order valence-electron chi connectivity index (χ4n) is 1.83. The molecule has 0 amide bonds. The van der Waals surface area contributed by atoms with Crippen molar-refractivity contribution in [3.8, 4) is 0 Å². The molecule has 1 aromatic rings. The molecule has 0 heterocycles. The van der Waals surface area contributed by atoms with Crippen molar-refractivity contribution in [2.45, 2.75) is 26.4 Å². The summed E-state index contributed by atoms with van der Waals surface area (Å²) in [5.74, 6) is -0.846. The van der Waals surface area contributed by atoms with Crippen molar-refractivity contribution in [1.29, 1.82) is 0 Å². The fourth-order valence-corrected chi connectivity index (χ4v) is 1.83. The predicted octanol–water partition coefficient (Wildman–Crippen LogP) is 2.68. The third-order valence-corrected chi connectivity index (χ3v) is 3.36. The Hall–Kier alpha value is -1.61. The summed E-state index contributed by atoms with van der Waals surface area (Å²) < 4.78 is 0.731. The number of nitrogens with zero attached hydrogens (tertiary/aromatic N) is 1. The first kappa shape index (κ1) is 14.5. The predicted molar refractivity (Wildman–Crippen MR) is 73.1 cm³/mol. The molecule has 98 valence electrons. The largest absolute Gasteiger partial charge is 0.478 e. The zero-order valence-corrected chi connectivity index (χ0v) is 11.6. The second-order valence-electron chi connectivity index (χ2n) is 5.32. The Labute approximate surface area is 109 Å². The van der Waals surface area contributed by atoms with Gasteiger partial charge in [0.15, 0.2) is 0 Å². The second kappa shape index (κ2) is 5.83. The molecule has 0 aliphatic carbocycles. The van der Waals surface area contributed by atoms with Crippen LogP contribution < -0.4 is 0 Å². The van der Waals surface area contributed by atoms with Crippen LogP contribution in [0.2, 0.25) is 0 Å². The highest BCUT2D eigenvalue weighted by atomic mass is 16.4. The molecule has 1 N–H and O–H groups in total. The molecule has 1 unspecified atom stereocenters. The summed E-state index contributed by atoms with van der Waals surface area (Å²) in [6, 6.07) is 10.4. The Bertz CT molecular complexity index is 435. The molecular formula is C15H22NO2+. The zero-order chi connectivity index (χ0) is 13.8. The molecule has 0 saturated heterocycles. The van der Waals surface area contributed by atoms with Gasteiger partial charge in [-0.2, -0.15) is 0 Å². The molecule has 0 saturated carbocycles. The normalized spacial score (nSPS) is 14.3. The van der Waals surface area contributed by atoms with E-state index in [1.165, 1.54) is 5.56 Å². The Morgan fingerprint density at radius 2 is 1.89 bits per heavy atom. The van der Waals surface area contributed by atoms with Gasteiger partial charge in [0.1, 0.15) is 12.6 Å². The van der Waals surface area contributed by atoms with E-state index in [0.717, 1.165) is 11.0 Å². The van der Waals surface area contributed by atoms with Gasteiger partial charge in [-0.15, -0.1) is 0 Å². The third-order valence-electron chi connectivity index (χ3n) is 3.36. The van der Waals surface area contributed by atoms with E-state index in [2.05, 4.69) is 33.2 Å². The van der Waals surface area contributed by atoms with Crippen molar-refractivity contribution >= 4 is 5.97 Å². The van der Waals surface area contributed by atoms with Crippen LogP contribution in [-0.4, -0.2) is 35.7 Å². The Balaban J connectivity index is 2.80. The lowest BCUT2D eigenvalue weighted by molar-refractivity contribution is -0.919. The molecule has 1 aromatic carbocycles. The Morgan fingerprint density at radius 1 is 1.33 bits per heavy atom. The van der Waals surface area contributed by atoms with Gasteiger partial charge in [0.05, 0.1) is 14.1 Å². The third kappa shape index (κ3) is 4.00. The van der Waals surface area contributed by atoms with Gasteiger partial charge in [0.25, 0.3) is 0 Å². The van der Waals surface area contributed by atoms with E-state index in [-0.39, 0.29) is 6.04 Å². The van der Waals surface area contributed by atoms with Crippen LogP contribution in [0.3, 0.4) is 0 Å². The molecule has 0 radical (unpaired) electrons. The number of carboxylic acid groups (broad SMARTS) is 1. The first-order valence-electron chi connectivity index (χ1n) is 6.11. The van der Waals surface area contributed by atoms with Crippen molar-refractivity contribution < 1.29 is 14.4 Å². The topological polar surface area (TPSA) is 37.3 Å². The van der Waals surface area contributed by atoms with E-state index in [4.69, 9.17) is 5.11 Å². The van der Waals surface area contributed by atoms with E-state index in [9.17, 15) is 4.79 Å². The molecule has 0 aliphatic rings. The number of aliphatic carboxylic acids is 1. The standard InChI is InChI=1S/C15H21NO2/c1-12(15(17)18)10-13(2)16(3,4)11-14-8-6-5-7-9-14/h5-10,13H,11H2,1-4H3/p+1. The van der Waals surface area contributed by atoms with Gasteiger partial charge in [-0.3, -0.25) is 0 Å². The van der Waals surface area contributed by atoms with E-state index in [0.29, 0.717) is 5.57 Å². The van der Waals surface area contributed by atoms with Crippen LogP contribution in [-0.2, 0) is 11.3 Å². The van der Waals surface area contributed by atoms with Gasteiger partial charge < -0.3 is 9.59 Å². The van der Waals surface area contributed by atoms with Crippen molar-refractivity contribution in [2.24, 2.45) is 0 Å². The average Bonchev–Trinajstić information content (AvgIpc) is 2.29. The summed E-state index contributed by atoms with van der Waals surface area (Å²) in [6.45, 7) is 4.57. The number of quaternary nitrogens is 1. The molecule has 1 atom stereocenters. The lowest BCUT2D eigenvalue weighted by atomic mass is 10.1. The van der Waals surface area contributed by atoms with E-state index in [1.54, 1.807) is 6.92 Å². The van der Waals surface area contributed by atoms with Gasteiger partial charge in [-0.05, 0) is 19.9 Å². The number of carbonyl (C=O) groups is 1. The first-order valence-corrected chi connectivity index (χ1v) is 6.11. The minimum atomic E-state index is -0.846. The van der Waals surface area contributed by atoms with Crippen molar-refractivity contribution in [1.82, 2.24) is 0 Å². The van der Waals surface area contributed by atoms with Crippen molar-refractivity contribution in [3.63, 3.8) is 0 Å². The highest BCUT2D eigenvalue weighted by Gasteiger charge is 2.23. The number of carboxylic acids is 1. The van der Waals surface area contributed by atoms with Gasteiger partial charge in [-0.25, -0.2) is 4.79 Å². The molecule has 0 aromatic heterocycles. The quantitative estimate of drug-likeness (QED) is 0.642. The maximum Gasteiger partial charge on any atom is 0.331 e. The maximum atomic E-state index is 10.8. The second-order valence-corrected chi connectivity index (χ2v) is 5.32. The van der Waals surface area contributed by atoms with Gasteiger partial charge in [0, 0.05) is 11.1 Å². The van der Waals surface area contributed by atoms with E-state index in [1.807, 2.05) is 24.3 Å². The highest BCUT2D eigenvalue weighted by molar-refractivity contribution is 5.85. The van der Waals surface area contributed by atoms with Gasteiger partial charge in [0.2, 0.25) is 0 Å². The maximum absolute atomic E-state index is 10.8. The van der Waals surface area contributed by atoms with Crippen LogP contribution in [0.25, 0.3) is 0 Å². The lowest BCUT2D eigenvalue weighted by Gasteiger charge is -2.35. The number of hydrogen-bond donors (Lipinski definition) is 1. The summed E-state index contributed by atoms with van der Waals surface area (Å²) in [5, 5.41) is 8.91. The Kier molecular flexibility index (Phi) is 4.68. The van der Waals surface area contributed by atoms with Crippen LogP contribution in [0, 0.1) is 0 Å². The van der Waals surface area contributed by atoms with Gasteiger partial charge >= 0.3 is 5.97 Å². The highest BCUT2D eigenvalue weighted by Crippen LogP contribution is 2.16. The number of hydrogen-bond acceptors (Lipinski definition) is 1. The molecule has 3 nitrogen and oxygen atoms in total. The summed E-state index contributed by atoms with van der Waals surface area (Å²) in [7, 11) is 4.23. The number of likely N-dealkylation sites (N-methyl/N-ethyl adjacent to an activating group) is 1. The Morgan fingerprint density at radius 3 is 2.39 bits per heavy atom. The summed E-state index contributed by atoms with van der Waals surface area (Å²) in [4.78, 5) is 10.8. The molecule has 1 rings (SSSR count). The number of benzene rings is 1. The summed E-state index contributed by atoms with van der Waals surface area (Å²) in [5.41, 5.74) is 1.66. The molecule has 0 bridgehead atoms. The molecule has 0 fully saturated rings. The van der Waals surface area contributed by atoms with Crippen LogP contribution in [0.4, 0.5) is 0 Å². The first-order chi connectivity index (χ1) is 8.33. The molecule has 18 heavy (non-hydrogen) atoms. The summed E-state index contributed by atoms with van der Waals surface area (Å²) >= 11 is 0. The van der Waals surface area contributed by atoms with Crippen LogP contribution in [0.1, 0.15) is 19.4 Å². The lowest BCUT2D eigenvalue weighted by Crippen LogP contribution is -2.45. The van der Waals surface area contributed by atoms with Gasteiger partial charge in [-0.1, -0.05) is 30.3 Å². The van der Waals surface area contributed by atoms with Crippen molar-refractivity contribution in [3.05, 3.63) is 47.5 Å². The molecule has 0 spiro atoms. The monoisotopic (exact) mass is 248 g/mol. The van der Waals surface area contributed by atoms with Crippen LogP contribution >= 0.6 is 0 Å². The van der Waals surface area contributed by atoms with Crippen LogP contribution in [0.15, 0.2) is 42.0 Å². The molecular weight excluding hydrogens is 226 g/mol. The smallest absolute Gasteiger partial charge is 0.331 e. The van der Waals surface area contributed by atoms with E-state index < -0.39 is 5.97 Å². The zero-order valence-electron chi connectivity index (χ0n) is 11.6. The minimum Gasteiger partial charge on any atom is -0.478 e. The molecule has 3 heteroatoms. The fraction of sp³-hybridized carbons (Fsp3) is 0.400. The average molecular weight is 248 g/mol. The van der Waals surface area contributed by atoms with E-state index >= 15 is 0 Å². The number of rotatable bonds is 5. The molecule has 0 aliphatic heterocycles. The summed E-state index contributed by atoms with van der Waals surface area (Å²) in [6.07, 6.45) is 1.82. The minimum absolute atomic E-state index is 0.154. The van der Waals surface area contributed by atoms with Crippen LogP contribution in [0.5, 0.6) is 0 Å².